The van der Waals surface area contributed by atoms with Crippen LogP contribution in [0.4, 0.5) is 0 Å². The largest absolute Gasteiger partial charge is 0.497 e. The first-order valence-corrected chi connectivity index (χ1v) is 10.0. The van der Waals surface area contributed by atoms with Crippen LogP contribution < -0.4 is 10.3 Å². The number of benzene rings is 2. The van der Waals surface area contributed by atoms with Gasteiger partial charge in [0.1, 0.15) is 11.5 Å². The third-order valence-electron chi connectivity index (χ3n) is 4.36. The van der Waals surface area contributed by atoms with Crippen LogP contribution in [0.3, 0.4) is 0 Å². The Bertz CT molecular complexity index is 1170. The van der Waals surface area contributed by atoms with Crippen LogP contribution in [0.25, 0.3) is 22.7 Å². The molecule has 0 aliphatic heterocycles. The molecule has 0 amide bonds. The third-order valence-corrected chi connectivity index (χ3v) is 5.25. The number of hydrogen-bond donors (Lipinski definition) is 1. The van der Waals surface area contributed by atoms with Gasteiger partial charge in [-0.15, -0.1) is 0 Å². The van der Waals surface area contributed by atoms with Crippen molar-refractivity contribution in [1.29, 1.82) is 0 Å². The molecule has 2 heterocycles. The number of H-pyrrole nitrogens is 1. The molecule has 6 nitrogen and oxygen atoms in total. The summed E-state index contributed by atoms with van der Waals surface area (Å²) in [7, 11) is 1.62. The van der Waals surface area contributed by atoms with Crippen LogP contribution in [-0.4, -0.2) is 22.1 Å². The lowest BCUT2D eigenvalue weighted by Gasteiger charge is -2.05. The highest BCUT2D eigenvalue weighted by Gasteiger charge is 2.13. The summed E-state index contributed by atoms with van der Waals surface area (Å²) >= 11 is 1.41. The molecule has 146 valence electrons. The normalized spacial score (nSPS) is 10.8. The number of aromatic nitrogens is 3. The molecule has 0 radical (unpaired) electrons. The van der Waals surface area contributed by atoms with Gasteiger partial charge in [0.15, 0.2) is 5.16 Å². The first-order valence-electron chi connectivity index (χ1n) is 9.02. The van der Waals surface area contributed by atoms with Crippen molar-refractivity contribution in [3.63, 3.8) is 0 Å². The fourth-order valence-electron chi connectivity index (χ4n) is 2.82. The quantitative estimate of drug-likeness (QED) is 0.370. The third kappa shape index (κ3) is 4.41. The van der Waals surface area contributed by atoms with E-state index < -0.39 is 0 Å². The molecule has 0 fully saturated rings. The summed E-state index contributed by atoms with van der Waals surface area (Å²) in [5, 5.41) is 0.534. The number of thioether (sulfide) groups is 1. The summed E-state index contributed by atoms with van der Waals surface area (Å²) in [4.78, 5) is 24.1. The number of aromatic amines is 1. The van der Waals surface area contributed by atoms with Crippen molar-refractivity contribution in [2.75, 3.05) is 7.11 Å². The maximum Gasteiger partial charge on any atom is 0.252 e. The van der Waals surface area contributed by atoms with E-state index in [2.05, 4.69) is 15.0 Å². The summed E-state index contributed by atoms with van der Waals surface area (Å²) in [5.41, 5.74) is 3.02. The summed E-state index contributed by atoms with van der Waals surface area (Å²) in [6.45, 7) is 1.89. The van der Waals surface area contributed by atoms with Gasteiger partial charge in [0.05, 0.1) is 18.5 Å². The van der Waals surface area contributed by atoms with Gasteiger partial charge in [-0.1, -0.05) is 30.0 Å². The van der Waals surface area contributed by atoms with Gasteiger partial charge in [-0.2, -0.15) is 0 Å². The van der Waals surface area contributed by atoms with E-state index in [9.17, 15) is 4.79 Å². The molecular weight excluding hydrogens is 386 g/mol. The van der Waals surface area contributed by atoms with Crippen molar-refractivity contribution < 1.29 is 9.15 Å². The fourth-order valence-corrected chi connectivity index (χ4v) is 3.69. The monoisotopic (exact) mass is 405 g/mol. The molecule has 0 saturated heterocycles. The molecule has 4 rings (SSSR count). The highest BCUT2D eigenvalue weighted by Crippen LogP contribution is 2.27. The Kier molecular flexibility index (Phi) is 5.48. The molecule has 2 aromatic heterocycles. The SMILES string of the molecule is COc1ccc(-c2cc(=O)[nH]c(SCc3nc(-c4ccccc4)oc3C)n2)cc1. The molecule has 0 unspecified atom stereocenters. The van der Waals surface area contributed by atoms with Crippen LogP contribution in [0.2, 0.25) is 0 Å². The molecule has 0 saturated carbocycles. The van der Waals surface area contributed by atoms with E-state index >= 15 is 0 Å². The average Bonchev–Trinajstić information content (AvgIpc) is 3.13. The lowest BCUT2D eigenvalue weighted by molar-refractivity contribution is 0.415. The second kappa shape index (κ2) is 8.36. The zero-order chi connectivity index (χ0) is 20.2. The zero-order valence-corrected chi connectivity index (χ0v) is 16.8. The Balaban J connectivity index is 1.54. The highest BCUT2D eigenvalue weighted by molar-refractivity contribution is 7.98. The van der Waals surface area contributed by atoms with Crippen molar-refractivity contribution in [3.8, 4) is 28.5 Å². The van der Waals surface area contributed by atoms with E-state index in [1.54, 1.807) is 7.11 Å². The Labute approximate surface area is 172 Å². The van der Waals surface area contributed by atoms with Gasteiger partial charge in [0.2, 0.25) is 5.89 Å². The van der Waals surface area contributed by atoms with Gasteiger partial charge < -0.3 is 14.1 Å². The minimum Gasteiger partial charge on any atom is -0.497 e. The van der Waals surface area contributed by atoms with Crippen molar-refractivity contribution in [2.45, 2.75) is 17.8 Å². The molecule has 0 aliphatic rings. The number of rotatable bonds is 6. The second-order valence-electron chi connectivity index (χ2n) is 6.34. The van der Waals surface area contributed by atoms with E-state index in [0.717, 1.165) is 28.3 Å². The van der Waals surface area contributed by atoms with Crippen LogP contribution >= 0.6 is 11.8 Å². The zero-order valence-electron chi connectivity index (χ0n) is 16.0. The lowest BCUT2D eigenvalue weighted by atomic mass is 10.1. The van der Waals surface area contributed by atoms with Crippen LogP contribution in [0.5, 0.6) is 5.75 Å². The molecule has 4 aromatic rings. The number of hydrogen-bond acceptors (Lipinski definition) is 6. The van der Waals surface area contributed by atoms with E-state index in [0.29, 0.717) is 22.5 Å². The predicted octanol–water partition coefficient (Wildman–Crippen LogP) is 4.70. The first-order chi connectivity index (χ1) is 14.1. The molecule has 0 aliphatic carbocycles. The first kappa shape index (κ1) is 19.0. The minimum absolute atomic E-state index is 0.199. The molecule has 29 heavy (non-hydrogen) atoms. The van der Waals surface area contributed by atoms with Gasteiger partial charge in [-0.25, -0.2) is 9.97 Å². The number of oxazole rings is 1. The Morgan fingerprint density at radius 2 is 1.79 bits per heavy atom. The van der Waals surface area contributed by atoms with Crippen molar-refractivity contribution in [1.82, 2.24) is 15.0 Å². The smallest absolute Gasteiger partial charge is 0.252 e. The Hall–Kier alpha value is -3.32. The Morgan fingerprint density at radius 1 is 1.03 bits per heavy atom. The molecule has 0 bridgehead atoms. The fraction of sp³-hybridized carbons (Fsp3) is 0.136. The molecule has 0 spiro atoms. The van der Waals surface area contributed by atoms with Crippen LogP contribution in [0, 0.1) is 6.92 Å². The molecule has 0 atom stereocenters. The summed E-state index contributed by atoms with van der Waals surface area (Å²) in [6, 6.07) is 18.7. The molecule has 2 aromatic carbocycles. The van der Waals surface area contributed by atoms with Gasteiger partial charge in [0.25, 0.3) is 5.56 Å². The highest BCUT2D eigenvalue weighted by atomic mass is 32.2. The molecule has 1 N–H and O–H groups in total. The van der Waals surface area contributed by atoms with Gasteiger partial charge >= 0.3 is 0 Å². The van der Waals surface area contributed by atoms with E-state index in [1.165, 1.54) is 17.8 Å². The van der Waals surface area contributed by atoms with E-state index in [-0.39, 0.29) is 5.56 Å². The predicted molar refractivity (Wildman–Crippen MR) is 113 cm³/mol. The van der Waals surface area contributed by atoms with Crippen LogP contribution in [0.1, 0.15) is 11.5 Å². The Morgan fingerprint density at radius 3 is 2.52 bits per heavy atom. The average molecular weight is 405 g/mol. The molecule has 7 heteroatoms. The number of aryl methyl sites for hydroxylation is 1. The number of ether oxygens (including phenoxy) is 1. The lowest BCUT2D eigenvalue weighted by Crippen LogP contribution is -2.08. The topological polar surface area (TPSA) is 81.0 Å². The van der Waals surface area contributed by atoms with Gasteiger partial charge in [0, 0.05) is 22.9 Å². The van der Waals surface area contributed by atoms with Crippen molar-refractivity contribution in [2.24, 2.45) is 0 Å². The number of nitrogens with zero attached hydrogens (tertiary/aromatic N) is 2. The summed E-state index contributed by atoms with van der Waals surface area (Å²) < 4.78 is 11.0. The van der Waals surface area contributed by atoms with E-state index in [4.69, 9.17) is 9.15 Å². The van der Waals surface area contributed by atoms with Crippen molar-refractivity contribution >= 4 is 11.8 Å². The standard InChI is InChI=1S/C22H19N3O3S/c1-14-19(23-21(28-14)16-6-4-3-5-7-16)13-29-22-24-18(12-20(26)25-22)15-8-10-17(27-2)11-9-15/h3-12H,13H2,1-2H3,(H,24,25,26). The number of methoxy groups -OCH3 is 1. The molecular formula is C22H19N3O3S. The van der Waals surface area contributed by atoms with Crippen LogP contribution in [0.15, 0.2) is 75.0 Å². The van der Waals surface area contributed by atoms with E-state index in [1.807, 2.05) is 61.5 Å². The van der Waals surface area contributed by atoms with Crippen LogP contribution in [-0.2, 0) is 5.75 Å². The second-order valence-corrected chi connectivity index (χ2v) is 7.30. The van der Waals surface area contributed by atoms with Gasteiger partial charge in [-0.05, 0) is 43.3 Å². The van der Waals surface area contributed by atoms with Gasteiger partial charge in [-0.3, -0.25) is 4.79 Å². The maximum atomic E-state index is 12.1. The van der Waals surface area contributed by atoms with Crippen molar-refractivity contribution in [3.05, 3.63) is 82.5 Å². The summed E-state index contributed by atoms with van der Waals surface area (Å²) in [5.74, 6) is 2.64. The summed E-state index contributed by atoms with van der Waals surface area (Å²) in [6.07, 6.45) is 0. The minimum atomic E-state index is -0.199. The number of nitrogens with one attached hydrogen (secondary N) is 1. The maximum absolute atomic E-state index is 12.1.